The predicted octanol–water partition coefficient (Wildman–Crippen LogP) is 4.10. The summed E-state index contributed by atoms with van der Waals surface area (Å²) >= 11 is 0. The second kappa shape index (κ2) is 7.70. The molecule has 1 amide bonds. The van der Waals surface area contributed by atoms with Gasteiger partial charge in [0.15, 0.2) is 0 Å². The van der Waals surface area contributed by atoms with Crippen molar-refractivity contribution < 1.29 is 19.1 Å². The lowest BCUT2D eigenvalue weighted by Gasteiger charge is -2.10. The zero-order chi connectivity index (χ0) is 18.5. The number of carbonyl (C=O) groups is 2. The van der Waals surface area contributed by atoms with E-state index in [2.05, 4.69) is 5.32 Å². The van der Waals surface area contributed by atoms with Gasteiger partial charge < -0.3 is 14.8 Å². The first-order chi connectivity index (χ1) is 12.6. The molecule has 2 aromatic carbocycles. The van der Waals surface area contributed by atoms with Crippen LogP contribution in [0.2, 0.25) is 0 Å². The third-order valence-electron chi connectivity index (χ3n) is 3.85. The van der Waals surface area contributed by atoms with Crippen LogP contribution in [-0.2, 0) is 9.53 Å². The second-order valence-corrected chi connectivity index (χ2v) is 5.78. The largest absolute Gasteiger partial charge is 0.464 e. The molecule has 5 nitrogen and oxygen atoms in total. The average Bonchev–Trinajstić information content (AvgIpc) is 2.84. The number of nitrogens with one attached hydrogen (secondary N) is 1. The summed E-state index contributed by atoms with van der Waals surface area (Å²) in [6.07, 6.45) is 4.83. The van der Waals surface area contributed by atoms with Crippen LogP contribution in [0.15, 0.2) is 60.4 Å². The number of hydrogen-bond donors (Lipinski definition) is 1. The zero-order valence-electron chi connectivity index (χ0n) is 14.6. The fraction of sp³-hybridized carbons (Fsp3) is 0.143. The van der Waals surface area contributed by atoms with Crippen LogP contribution in [0.5, 0.6) is 5.75 Å². The summed E-state index contributed by atoms with van der Waals surface area (Å²) in [5, 5.41) is 2.78. The molecular formula is C21H19NO4. The molecule has 132 valence electrons. The smallest absolute Gasteiger partial charge is 0.340 e. The molecule has 0 radical (unpaired) electrons. The Morgan fingerprint density at radius 3 is 2.77 bits per heavy atom. The molecule has 5 heteroatoms. The highest BCUT2D eigenvalue weighted by atomic mass is 16.5. The zero-order valence-corrected chi connectivity index (χ0v) is 14.6. The van der Waals surface area contributed by atoms with Gasteiger partial charge in [-0.3, -0.25) is 4.79 Å². The number of rotatable bonds is 4. The summed E-state index contributed by atoms with van der Waals surface area (Å²) in [7, 11) is 0. The van der Waals surface area contributed by atoms with Gasteiger partial charge in [-0.15, -0.1) is 0 Å². The number of benzene rings is 2. The molecule has 0 spiro atoms. The molecule has 0 aliphatic carbocycles. The fourth-order valence-corrected chi connectivity index (χ4v) is 2.60. The van der Waals surface area contributed by atoms with Gasteiger partial charge in [-0.25, -0.2) is 4.79 Å². The number of carbonyl (C=O) groups excluding carboxylic acids is 2. The first kappa shape index (κ1) is 17.5. The number of anilines is 1. The molecule has 0 saturated heterocycles. The summed E-state index contributed by atoms with van der Waals surface area (Å²) in [6.45, 7) is 3.98. The molecule has 0 saturated carbocycles. The van der Waals surface area contributed by atoms with Crippen LogP contribution >= 0.6 is 0 Å². The molecule has 3 rings (SSSR count). The maximum atomic E-state index is 12.7. The van der Waals surface area contributed by atoms with E-state index in [1.54, 1.807) is 43.3 Å². The Morgan fingerprint density at radius 2 is 1.96 bits per heavy atom. The highest BCUT2D eigenvalue weighted by Crippen LogP contribution is 2.26. The average molecular weight is 349 g/mol. The van der Waals surface area contributed by atoms with Crippen molar-refractivity contribution in [2.24, 2.45) is 0 Å². The van der Waals surface area contributed by atoms with E-state index in [0.29, 0.717) is 22.6 Å². The van der Waals surface area contributed by atoms with Gasteiger partial charge >= 0.3 is 5.97 Å². The van der Waals surface area contributed by atoms with Crippen LogP contribution < -0.4 is 10.1 Å². The van der Waals surface area contributed by atoms with Gasteiger partial charge in [0.05, 0.1) is 24.1 Å². The molecule has 0 unspecified atom stereocenters. The molecule has 0 atom stereocenters. The van der Waals surface area contributed by atoms with Crippen molar-refractivity contribution in [2.45, 2.75) is 13.8 Å². The molecule has 26 heavy (non-hydrogen) atoms. The van der Waals surface area contributed by atoms with E-state index in [0.717, 1.165) is 11.1 Å². The lowest BCUT2D eigenvalue weighted by molar-refractivity contribution is -0.112. The van der Waals surface area contributed by atoms with Gasteiger partial charge in [0, 0.05) is 11.1 Å². The Hall–Kier alpha value is -3.34. The Labute approximate surface area is 151 Å². The van der Waals surface area contributed by atoms with Gasteiger partial charge in [-0.2, -0.15) is 0 Å². The predicted molar refractivity (Wildman–Crippen MR) is 100.0 cm³/mol. The van der Waals surface area contributed by atoms with E-state index in [1.165, 1.54) is 6.26 Å². The van der Waals surface area contributed by atoms with Gasteiger partial charge in [-0.05, 0) is 50.3 Å². The van der Waals surface area contributed by atoms with Crippen molar-refractivity contribution in [3.05, 3.63) is 77.1 Å². The number of aryl methyl sites for hydroxylation is 1. The molecule has 0 fully saturated rings. The Bertz CT molecular complexity index is 912. The van der Waals surface area contributed by atoms with Crippen LogP contribution in [0.3, 0.4) is 0 Å². The monoisotopic (exact) mass is 349 g/mol. The minimum Gasteiger partial charge on any atom is -0.464 e. The van der Waals surface area contributed by atoms with E-state index in [1.807, 2.05) is 25.1 Å². The second-order valence-electron chi connectivity index (χ2n) is 5.78. The maximum Gasteiger partial charge on any atom is 0.340 e. The highest BCUT2D eigenvalue weighted by Gasteiger charge is 2.17. The third kappa shape index (κ3) is 3.83. The minimum atomic E-state index is -0.474. The molecule has 1 aliphatic rings. The quantitative estimate of drug-likeness (QED) is 0.844. The van der Waals surface area contributed by atoms with E-state index in [4.69, 9.17) is 9.47 Å². The van der Waals surface area contributed by atoms with E-state index in [9.17, 15) is 9.59 Å². The number of para-hydroxylation sites is 1. The van der Waals surface area contributed by atoms with Crippen LogP contribution in [-0.4, -0.2) is 18.5 Å². The summed E-state index contributed by atoms with van der Waals surface area (Å²) in [6, 6.07) is 12.5. The van der Waals surface area contributed by atoms with Gasteiger partial charge in [0.2, 0.25) is 0 Å². The normalized spacial score (nSPS) is 12.3. The van der Waals surface area contributed by atoms with Crippen molar-refractivity contribution in [3.63, 3.8) is 0 Å². The van der Waals surface area contributed by atoms with Crippen molar-refractivity contribution in [3.8, 4) is 5.75 Å². The molecular weight excluding hydrogens is 330 g/mol. The number of ether oxygens (including phenoxy) is 2. The highest BCUT2D eigenvalue weighted by molar-refractivity contribution is 6.11. The first-order valence-corrected chi connectivity index (χ1v) is 8.31. The molecule has 2 aromatic rings. The SMILES string of the molecule is CCOC(=O)c1ccccc1NC(=O)C1=Cc2cc(C)ccc2OC=C1. The Kier molecular flexibility index (Phi) is 5.17. The summed E-state index contributed by atoms with van der Waals surface area (Å²) in [4.78, 5) is 24.8. The van der Waals surface area contributed by atoms with Crippen molar-refractivity contribution in [1.82, 2.24) is 0 Å². The summed E-state index contributed by atoms with van der Waals surface area (Å²) < 4.78 is 10.6. The summed E-state index contributed by atoms with van der Waals surface area (Å²) in [5.74, 6) is -0.129. The molecule has 0 aromatic heterocycles. The van der Waals surface area contributed by atoms with Crippen molar-refractivity contribution in [1.29, 1.82) is 0 Å². The molecule has 1 aliphatic heterocycles. The number of fused-ring (bicyclic) bond motifs is 1. The lowest BCUT2D eigenvalue weighted by Crippen LogP contribution is -2.16. The summed E-state index contributed by atoms with van der Waals surface area (Å²) in [5.41, 5.74) is 3.03. The maximum absolute atomic E-state index is 12.7. The van der Waals surface area contributed by atoms with Gasteiger partial charge in [-0.1, -0.05) is 23.8 Å². The van der Waals surface area contributed by atoms with Crippen LogP contribution in [0.25, 0.3) is 6.08 Å². The number of amides is 1. The van der Waals surface area contributed by atoms with Crippen LogP contribution in [0, 0.1) is 6.92 Å². The van der Waals surface area contributed by atoms with Crippen molar-refractivity contribution >= 4 is 23.6 Å². The fourth-order valence-electron chi connectivity index (χ4n) is 2.60. The first-order valence-electron chi connectivity index (χ1n) is 8.31. The Morgan fingerprint density at radius 1 is 1.15 bits per heavy atom. The van der Waals surface area contributed by atoms with Crippen LogP contribution in [0.4, 0.5) is 5.69 Å². The number of esters is 1. The standard InChI is InChI=1S/C21H19NO4/c1-3-25-21(24)17-6-4-5-7-18(17)22-20(23)15-10-11-26-19-9-8-14(2)12-16(19)13-15/h4-13H,3H2,1-2H3,(H,22,23). The van der Waals surface area contributed by atoms with E-state index >= 15 is 0 Å². The lowest BCUT2D eigenvalue weighted by atomic mass is 10.1. The Balaban J connectivity index is 1.88. The molecule has 1 N–H and O–H groups in total. The van der Waals surface area contributed by atoms with Crippen molar-refractivity contribution in [2.75, 3.05) is 11.9 Å². The van der Waals surface area contributed by atoms with Gasteiger partial charge in [0.1, 0.15) is 5.75 Å². The topological polar surface area (TPSA) is 64.6 Å². The molecule has 1 heterocycles. The van der Waals surface area contributed by atoms with Crippen LogP contribution in [0.1, 0.15) is 28.4 Å². The molecule has 0 bridgehead atoms. The van der Waals surface area contributed by atoms with E-state index in [-0.39, 0.29) is 12.5 Å². The number of hydrogen-bond acceptors (Lipinski definition) is 4. The third-order valence-corrected chi connectivity index (χ3v) is 3.85. The minimum absolute atomic E-state index is 0.266. The van der Waals surface area contributed by atoms with E-state index < -0.39 is 5.97 Å². The van der Waals surface area contributed by atoms with Gasteiger partial charge in [0.25, 0.3) is 5.91 Å².